The maximum absolute atomic E-state index is 12.1. The first-order chi connectivity index (χ1) is 11.6. The van der Waals surface area contributed by atoms with Gasteiger partial charge in [0.1, 0.15) is 6.04 Å². The van der Waals surface area contributed by atoms with Crippen LogP contribution in [0.15, 0.2) is 53.3 Å². The van der Waals surface area contributed by atoms with Gasteiger partial charge in [0.15, 0.2) is 0 Å². The quantitative estimate of drug-likeness (QED) is 0.728. The standard InChI is InChI=1S/C17H19N5O2/c1-12-8-16(24-21-12)20-17(23)13(2)19-15-9-18-22(11-15)10-14-6-4-3-5-7-14/h3-9,11,13,19H,10H2,1-2H3,(H,20,23)/t13-/m1/s1. The van der Waals surface area contributed by atoms with Gasteiger partial charge in [-0.1, -0.05) is 35.5 Å². The minimum absolute atomic E-state index is 0.207. The molecule has 2 heterocycles. The fraction of sp³-hybridized carbons (Fsp3) is 0.235. The fourth-order valence-electron chi connectivity index (χ4n) is 2.26. The van der Waals surface area contributed by atoms with E-state index in [9.17, 15) is 4.79 Å². The molecule has 0 bridgehead atoms. The van der Waals surface area contributed by atoms with Gasteiger partial charge in [0.25, 0.3) is 0 Å². The maximum Gasteiger partial charge on any atom is 0.248 e. The van der Waals surface area contributed by atoms with Gasteiger partial charge in [-0.2, -0.15) is 5.10 Å². The van der Waals surface area contributed by atoms with Gasteiger partial charge in [-0.25, -0.2) is 0 Å². The molecule has 0 unspecified atom stereocenters. The number of hydrogen-bond donors (Lipinski definition) is 2. The van der Waals surface area contributed by atoms with E-state index in [1.807, 2.05) is 41.2 Å². The van der Waals surface area contributed by atoms with Crippen LogP contribution in [0.1, 0.15) is 18.2 Å². The molecule has 1 atom stereocenters. The largest absolute Gasteiger partial charge is 0.371 e. The third-order valence-corrected chi connectivity index (χ3v) is 3.47. The number of aryl methyl sites for hydroxylation is 1. The second-order valence-electron chi connectivity index (χ2n) is 5.60. The van der Waals surface area contributed by atoms with Crippen LogP contribution in [-0.4, -0.2) is 26.9 Å². The molecule has 7 heteroatoms. The van der Waals surface area contributed by atoms with Crippen molar-refractivity contribution >= 4 is 17.5 Å². The van der Waals surface area contributed by atoms with E-state index >= 15 is 0 Å². The highest BCUT2D eigenvalue weighted by Gasteiger charge is 2.15. The summed E-state index contributed by atoms with van der Waals surface area (Å²) in [5.74, 6) is 0.132. The number of carbonyl (C=O) groups is 1. The first-order valence-electron chi connectivity index (χ1n) is 7.67. The van der Waals surface area contributed by atoms with E-state index in [1.165, 1.54) is 5.56 Å². The van der Waals surface area contributed by atoms with Crippen molar-refractivity contribution in [3.8, 4) is 0 Å². The van der Waals surface area contributed by atoms with Gasteiger partial charge in [-0.05, 0) is 19.4 Å². The summed E-state index contributed by atoms with van der Waals surface area (Å²) < 4.78 is 6.80. The zero-order valence-electron chi connectivity index (χ0n) is 13.6. The average Bonchev–Trinajstić information content (AvgIpc) is 3.17. The van der Waals surface area contributed by atoms with E-state index in [0.717, 1.165) is 5.69 Å². The van der Waals surface area contributed by atoms with Gasteiger partial charge < -0.3 is 9.84 Å². The van der Waals surface area contributed by atoms with Crippen LogP contribution in [0.3, 0.4) is 0 Å². The third-order valence-electron chi connectivity index (χ3n) is 3.47. The van der Waals surface area contributed by atoms with Crippen molar-refractivity contribution in [1.29, 1.82) is 0 Å². The van der Waals surface area contributed by atoms with Crippen molar-refractivity contribution in [3.05, 3.63) is 60.0 Å². The number of rotatable bonds is 6. The molecule has 0 radical (unpaired) electrons. The second kappa shape index (κ2) is 6.99. The first kappa shape index (κ1) is 15.8. The first-order valence-corrected chi connectivity index (χ1v) is 7.67. The van der Waals surface area contributed by atoms with Gasteiger partial charge in [0.2, 0.25) is 11.8 Å². The van der Waals surface area contributed by atoms with Crippen LogP contribution in [0.25, 0.3) is 0 Å². The molecule has 1 aromatic carbocycles. The Morgan fingerprint density at radius 2 is 2.12 bits per heavy atom. The molecule has 0 aliphatic rings. The number of aromatic nitrogens is 3. The van der Waals surface area contributed by atoms with Gasteiger partial charge in [-0.15, -0.1) is 0 Å². The lowest BCUT2D eigenvalue weighted by Crippen LogP contribution is -2.31. The summed E-state index contributed by atoms with van der Waals surface area (Å²) in [6.07, 6.45) is 3.57. The maximum atomic E-state index is 12.1. The normalized spacial score (nSPS) is 11.9. The number of benzene rings is 1. The highest BCUT2D eigenvalue weighted by molar-refractivity contribution is 5.95. The summed E-state index contributed by atoms with van der Waals surface area (Å²) in [5, 5.41) is 13.8. The molecule has 124 valence electrons. The Morgan fingerprint density at radius 3 is 2.83 bits per heavy atom. The van der Waals surface area contributed by atoms with E-state index in [-0.39, 0.29) is 5.91 Å². The minimum atomic E-state index is -0.440. The molecule has 0 saturated heterocycles. The highest BCUT2D eigenvalue weighted by atomic mass is 16.5. The molecule has 0 aliphatic heterocycles. The summed E-state index contributed by atoms with van der Waals surface area (Å²) in [4.78, 5) is 12.1. The lowest BCUT2D eigenvalue weighted by molar-refractivity contribution is -0.116. The molecule has 0 spiro atoms. The third kappa shape index (κ3) is 4.01. The lowest BCUT2D eigenvalue weighted by atomic mass is 10.2. The van der Waals surface area contributed by atoms with Crippen LogP contribution in [0.2, 0.25) is 0 Å². The summed E-state index contributed by atoms with van der Waals surface area (Å²) in [6.45, 7) is 4.25. The molecule has 24 heavy (non-hydrogen) atoms. The van der Waals surface area contributed by atoms with E-state index in [2.05, 4.69) is 20.9 Å². The van der Waals surface area contributed by atoms with E-state index in [0.29, 0.717) is 18.1 Å². The number of nitrogens with zero attached hydrogens (tertiary/aromatic N) is 3. The number of amides is 1. The Balaban J connectivity index is 1.56. The predicted molar refractivity (Wildman–Crippen MR) is 90.7 cm³/mol. The molecular formula is C17H19N5O2. The van der Waals surface area contributed by atoms with Crippen molar-refractivity contribution in [3.63, 3.8) is 0 Å². The molecule has 0 saturated carbocycles. The van der Waals surface area contributed by atoms with Gasteiger partial charge in [-0.3, -0.25) is 14.8 Å². The number of anilines is 2. The van der Waals surface area contributed by atoms with Crippen LogP contribution in [0.5, 0.6) is 0 Å². The van der Waals surface area contributed by atoms with Gasteiger partial charge in [0, 0.05) is 12.3 Å². The summed E-state index contributed by atoms with van der Waals surface area (Å²) in [7, 11) is 0. The van der Waals surface area contributed by atoms with E-state index < -0.39 is 6.04 Å². The molecule has 3 aromatic rings. The van der Waals surface area contributed by atoms with Crippen molar-refractivity contribution in [2.24, 2.45) is 0 Å². The van der Waals surface area contributed by atoms with Gasteiger partial charge in [0.05, 0.1) is 24.1 Å². The van der Waals surface area contributed by atoms with Crippen molar-refractivity contribution in [2.45, 2.75) is 26.4 Å². The Hall–Kier alpha value is -3.09. The number of hydrogen-bond acceptors (Lipinski definition) is 5. The van der Waals surface area contributed by atoms with Crippen molar-refractivity contribution < 1.29 is 9.32 Å². The summed E-state index contributed by atoms with van der Waals surface area (Å²) in [6, 6.07) is 11.3. The Morgan fingerprint density at radius 1 is 1.33 bits per heavy atom. The molecule has 3 rings (SSSR count). The molecule has 0 aliphatic carbocycles. The SMILES string of the molecule is Cc1cc(NC(=O)[C@@H](C)Nc2cnn(Cc3ccccc3)c2)on1. The molecule has 7 nitrogen and oxygen atoms in total. The van der Waals surface area contributed by atoms with Crippen LogP contribution in [0.4, 0.5) is 11.6 Å². The Bertz CT molecular complexity index is 809. The molecular weight excluding hydrogens is 306 g/mol. The van der Waals surface area contributed by atoms with Crippen molar-refractivity contribution in [1.82, 2.24) is 14.9 Å². The highest BCUT2D eigenvalue weighted by Crippen LogP contribution is 2.12. The summed E-state index contributed by atoms with van der Waals surface area (Å²) in [5.41, 5.74) is 2.66. The molecule has 2 N–H and O–H groups in total. The van der Waals surface area contributed by atoms with Crippen LogP contribution in [0, 0.1) is 6.92 Å². The molecule has 2 aromatic heterocycles. The summed E-state index contributed by atoms with van der Waals surface area (Å²) >= 11 is 0. The number of nitrogens with one attached hydrogen (secondary N) is 2. The van der Waals surface area contributed by atoms with E-state index in [1.54, 1.807) is 26.1 Å². The zero-order chi connectivity index (χ0) is 16.9. The van der Waals surface area contributed by atoms with E-state index in [4.69, 9.17) is 4.52 Å². The lowest BCUT2D eigenvalue weighted by Gasteiger charge is -2.12. The number of carbonyl (C=O) groups excluding carboxylic acids is 1. The van der Waals surface area contributed by atoms with Crippen LogP contribution < -0.4 is 10.6 Å². The minimum Gasteiger partial charge on any atom is -0.371 e. The average molecular weight is 325 g/mol. The van der Waals surface area contributed by atoms with Crippen molar-refractivity contribution in [2.75, 3.05) is 10.6 Å². The predicted octanol–water partition coefficient (Wildman–Crippen LogP) is 2.67. The monoisotopic (exact) mass is 325 g/mol. The molecule has 1 amide bonds. The second-order valence-corrected chi connectivity index (χ2v) is 5.60. The smallest absolute Gasteiger partial charge is 0.248 e. The van der Waals surface area contributed by atoms with Crippen LogP contribution >= 0.6 is 0 Å². The van der Waals surface area contributed by atoms with Crippen LogP contribution in [-0.2, 0) is 11.3 Å². The Labute approximate surface area is 139 Å². The fourth-order valence-corrected chi connectivity index (χ4v) is 2.26. The molecule has 0 fully saturated rings. The zero-order valence-corrected chi connectivity index (χ0v) is 13.6. The topological polar surface area (TPSA) is 85.0 Å². The van der Waals surface area contributed by atoms with Gasteiger partial charge >= 0.3 is 0 Å². The Kier molecular flexibility index (Phi) is 4.60.